The minimum atomic E-state index is -1.90. The van der Waals surface area contributed by atoms with Crippen molar-refractivity contribution in [2.45, 2.75) is 26.2 Å². The Labute approximate surface area is 205 Å². The zero-order valence-electron chi connectivity index (χ0n) is 20.4. The van der Waals surface area contributed by atoms with E-state index in [1.54, 1.807) is 20.8 Å². The van der Waals surface area contributed by atoms with Crippen LogP contribution in [0.15, 0.2) is 109 Å². The summed E-state index contributed by atoms with van der Waals surface area (Å²) in [6, 6.07) is 40.8. The van der Waals surface area contributed by atoms with Gasteiger partial charge >= 0.3 is 0 Å². The molecular formula is C32H30Si2. The Balaban J connectivity index is 1.81. The van der Waals surface area contributed by atoms with Crippen LogP contribution in [0.5, 0.6) is 0 Å². The summed E-state index contributed by atoms with van der Waals surface area (Å²) < 4.78 is 0. The van der Waals surface area contributed by atoms with Gasteiger partial charge in [-0.3, -0.25) is 0 Å². The van der Waals surface area contributed by atoms with Gasteiger partial charge in [0.15, 0.2) is 0 Å². The highest BCUT2D eigenvalue weighted by molar-refractivity contribution is 7.11. The Kier molecular flexibility index (Phi) is 4.81. The van der Waals surface area contributed by atoms with E-state index in [1.165, 1.54) is 33.4 Å². The lowest BCUT2D eigenvalue weighted by Gasteiger charge is -2.24. The first-order chi connectivity index (χ1) is 16.4. The largest absolute Gasteiger partial charge is 0.114 e. The van der Waals surface area contributed by atoms with Crippen LogP contribution in [0.3, 0.4) is 0 Å². The molecule has 166 valence electrons. The second-order valence-electron chi connectivity index (χ2n) is 10.6. The van der Waals surface area contributed by atoms with Crippen molar-refractivity contribution >= 4 is 48.1 Å². The molecule has 34 heavy (non-hydrogen) atoms. The third-order valence-electron chi connectivity index (χ3n) is 7.86. The molecule has 0 atom stereocenters. The van der Waals surface area contributed by atoms with E-state index in [-0.39, 0.29) is 0 Å². The number of fused-ring (bicyclic) bond motifs is 2. The highest BCUT2D eigenvalue weighted by atomic mass is 28.3. The molecule has 4 aromatic rings. The van der Waals surface area contributed by atoms with E-state index in [9.17, 15) is 0 Å². The molecule has 0 aliphatic carbocycles. The number of hydrogen-bond acceptors (Lipinski definition) is 0. The molecule has 0 unspecified atom stereocenters. The third kappa shape index (κ3) is 2.95. The molecule has 0 radical (unpaired) electrons. The lowest BCUT2D eigenvalue weighted by molar-refractivity contribution is 1.62. The number of allylic oxidation sites excluding steroid dienone is 2. The smallest absolute Gasteiger partial charge is 0.0623 e. The van der Waals surface area contributed by atoms with Crippen molar-refractivity contribution in [1.82, 2.24) is 0 Å². The average molecular weight is 471 g/mol. The van der Waals surface area contributed by atoms with E-state index >= 15 is 0 Å². The number of rotatable bonds is 3. The van der Waals surface area contributed by atoms with E-state index in [4.69, 9.17) is 0 Å². The Hall–Kier alpha value is -3.21. The van der Waals surface area contributed by atoms with Crippen molar-refractivity contribution in [3.63, 3.8) is 0 Å². The molecule has 2 aliphatic heterocycles. The first-order valence-electron chi connectivity index (χ1n) is 12.2. The minimum absolute atomic E-state index is 1.38. The Bertz CT molecular complexity index is 1360. The highest BCUT2D eigenvalue weighted by Crippen LogP contribution is 2.52. The van der Waals surface area contributed by atoms with Crippen molar-refractivity contribution in [3.05, 3.63) is 131 Å². The van der Waals surface area contributed by atoms with E-state index in [0.29, 0.717) is 0 Å². The molecule has 0 amide bonds. The summed E-state index contributed by atoms with van der Waals surface area (Å²) >= 11 is 0. The van der Waals surface area contributed by atoms with Crippen molar-refractivity contribution < 1.29 is 0 Å². The summed E-state index contributed by atoms with van der Waals surface area (Å²) in [5.41, 5.74) is 8.64. The van der Waals surface area contributed by atoms with Gasteiger partial charge in [0.25, 0.3) is 0 Å². The first-order valence-corrected chi connectivity index (χ1v) is 18.2. The SMILES string of the molecule is C[Si]1(C)C(c2ccccc2)=C(C2=C(c3ccccc3)[Si](C)(C)c3ccccc32)c2ccccc21. The summed E-state index contributed by atoms with van der Waals surface area (Å²) in [6.45, 7) is 10.1. The van der Waals surface area contributed by atoms with E-state index < -0.39 is 16.1 Å². The third-order valence-corrected chi connectivity index (χ3v) is 15.0. The Morgan fingerprint density at radius 2 is 0.706 bits per heavy atom. The summed E-state index contributed by atoms with van der Waals surface area (Å²) in [6.07, 6.45) is 0. The van der Waals surface area contributed by atoms with Crippen LogP contribution >= 0.6 is 0 Å². The molecule has 0 saturated heterocycles. The zero-order valence-corrected chi connectivity index (χ0v) is 22.4. The summed E-state index contributed by atoms with van der Waals surface area (Å²) in [5.74, 6) is 0. The topological polar surface area (TPSA) is 0 Å². The quantitative estimate of drug-likeness (QED) is 0.279. The van der Waals surface area contributed by atoms with Gasteiger partial charge in [-0.1, -0.05) is 135 Å². The molecule has 2 heterocycles. The van der Waals surface area contributed by atoms with Crippen LogP contribution in [0.2, 0.25) is 26.2 Å². The van der Waals surface area contributed by atoms with Gasteiger partial charge in [0.2, 0.25) is 0 Å². The van der Waals surface area contributed by atoms with Gasteiger partial charge < -0.3 is 0 Å². The van der Waals surface area contributed by atoms with E-state index in [1.807, 2.05) is 0 Å². The summed E-state index contributed by atoms with van der Waals surface area (Å²) in [4.78, 5) is 0. The fourth-order valence-corrected chi connectivity index (χ4v) is 13.3. The van der Waals surface area contributed by atoms with Crippen LogP contribution in [0.4, 0.5) is 0 Å². The van der Waals surface area contributed by atoms with Gasteiger partial charge in [0, 0.05) is 0 Å². The fourth-order valence-electron chi connectivity index (χ4n) is 6.40. The first kappa shape index (κ1) is 21.3. The average Bonchev–Trinajstić information content (AvgIpc) is 3.24. The highest BCUT2D eigenvalue weighted by Gasteiger charge is 2.46. The molecule has 4 aromatic carbocycles. The van der Waals surface area contributed by atoms with Gasteiger partial charge in [-0.05, 0) is 54.2 Å². The standard InChI is InChI=1S/C32H30Si2/c1-33(2)27-21-13-11-19-25(27)29(31(33)23-15-7-5-8-16-23)30-26-20-12-14-22-28(26)34(3,4)32(30)24-17-9-6-10-18-24/h5-22H,1-4H3. The molecule has 2 aliphatic rings. The van der Waals surface area contributed by atoms with Crippen molar-refractivity contribution in [1.29, 1.82) is 0 Å². The molecule has 0 saturated carbocycles. The molecular weight excluding hydrogens is 441 g/mol. The normalized spacial score (nSPS) is 17.6. The van der Waals surface area contributed by atoms with Crippen LogP contribution in [-0.4, -0.2) is 16.1 Å². The summed E-state index contributed by atoms with van der Waals surface area (Å²) in [5, 5.41) is 6.29. The van der Waals surface area contributed by atoms with E-state index in [0.717, 1.165) is 0 Å². The molecule has 0 nitrogen and oxygen atoms in total. The van der Waals surface area contributed by atoms with Crippen LogP contribution in [0, 0.1) is 0 Å². The molecule has 0 spiro atoms. The van der Waals surface area contributed by atoms with Gasteiger partial charge in [-0.2, -0.15) is 0 Å². The summed E-state index contributed by atoms with van der Waals surface area (Å²) in [7, 11) is -3.80. The predicted octanol–water partition coefficient (Wildman–Crippen LogP) is 7.14. The molecule has 6 rings (SSSR count). The molecule has 0 fully saturated rings. The van der Waals surface area contributed by atoms with Crippen molar-refractivity contribution in [3.8, 4) is 0 Å². The number of benzene rings is 4. The van der Waals surface area contributed by atoms with Crippen LogP contribution < -0.4 is 10.4 Å². The van der Waals surface area contributed by atoms with Crippen LogP contribution in [0.25, 0.3) is 21.5 Å². The van der Waals surface area contributed by atoms with Crippen LogP contribution in [0.1, 0.15) is 22.3 Å². The predicted molar refractivity (Wildman–Crippen MR) is 154 cm³/mol. The maximum atomic E-state index is 2.54. The lowest BCUT2D eigenvalue weighted by Crippen LogP contribution is -2.40. The Morgan fingerprint density at radius 3 is 1.09 bits per heavy atom. The van der Waals surface area contributed by atoms with Gasteiger partial charge in [-0.15, -0.1) is 0 Å². The maximum Gasteiger partial charge on any atom is 0.114 e. The molecule has 0 N–H and O–H groups in total. The monoisotopic (exact) mass is 470 g/mol. The zero-order chi connectivity index (χ0) is 23.5. The second-order valence-corrected chi connectivity index (χ2v) is 19.2. The fraction of sp³-hybridized carbons (Fsp3) is 0.125. The van der Waals surface area contributed by atoms with Gasteiger partial charge in [0.1, 0.15) is 16.1 Å². The molecule has 0 aromatic heterocycles. The van der Waals surface area contributed by atoms with E-state index in [2.05, 4.69) is 135 Å². The maximum absolute atomic E-state index is 2.54. The van der Waals surface area contributed by atoms with Crippen molar-refractivity contribution in [2.24, 2.45) is 0 Å². The molecule has 2 heteroatoms. The van der Waals surface area contributed by atoms with Gasteiger partial charge in [0.05, 0.1) is 0 Å². The Morgan fingerprint density at radius 1 is 0.382 bits per heavy atom. The number of hydrogen-bond donors (Lipinski definition) is 0. The lowest BCUT2D eigenvalue weighted by atomic mass is 9.89. The van der Waals surface area contributed by atoms with Crippen LogP contribution in [-0.2, 0) is 0 Å². The molecule has 0 bridgehead atoms. The van der Waals surface area contributed by atoms with Crippen molar-refractivity contribution in [2.75, 3.05) is 0 Å². The minimum Gasteiger partial charge on any atom is -0.0623 e. The second kappa shape index (κ2) is 7.66. The van der Waals surface area contributed by atoms with Gasteiger partial charge in [-0.25, -0.2) is 0 Å².